The van der Waals surface area contributed by atoms with Crippen LogP contribution in [0.3, 0.4) is 0 Å². The number of ether oxygens (including phenoxy) is 1. The van der Waals surface area contributed by atoms with Crippen LogP contribution in [-0.4, -0.2) is 48.8 Å². The highest BCUT2D eigenvalue weighted by Crippen LogP contribution is 2.28. The summed E-state index contributed by atoms with van der Waals surface area (Å²) in [6.45, 7) is 3.81. The van der Waals surface area contributed by atoms with Gasteiger partial charge < -0.3 is 14.7 Å². The van der Waals surface area contributed by atoms with Crippen LogP contribution in [0.1, 0.15) is 32.6 Å². The lowest BCUT2D eigenvalue weighted by atomic mass is 10.2. The van der Waals surface area contributed by atoms with Gasteiger partial charge in [0, 0.05) is 26.6 Å². The zero-order valence-electron chi connectivity index (χ0n) is 10.3. The van der Waals surface area contributed by atoms with E-state index in [1.807, 2.05) is 0 Å². The molecule has 0 bridgehead atoms. The molecule has 1 saturated carbocycles. The van der Waals surface area contributed by atoms with Gasteiger partial charge in [0.15, 0.2) is 0 Å². The van der Waals surface area contributed by atoms with E-state index in [1.54, 1.807) is 18.9 Å². The molecule has 1 rings (SSSR count). The van der Waals surface area contributed by atoms with E-state index in [0.29, 0.717) is 26.0 Å². The van der Waals surface area contributed by atoms with Crippen molar-refractivity contribution in [1.29, 1.82) is 0 Å². The minimum atomic E-state index is -0.400. The average molecular weight is 229 g/mol. The van der Waals surface area contributed by atoms with Crippen molar-refractivity contribution in [2.24, 2.45) is 5.92 Å². The topological polar surface area (TPSA) is 49.8 Å². The molecule has 1 atom stereocenters. The lowest BCUT2D eigenvalue weighted by molar-refractivity contribution is -0.131. The molecule has 0 aromatic heterocycles. The third-order valence-electron chi connectivity index (χ3n) is 2.82. The first-order chi connectivity index (χ1) is 7.59. The lowest BCUT2D eigenvalue weighted by Gasteiger charge is -2.17. The summed E-state index contributed by atoms with van der Waals surface area (Å²) in [5.41, 5.74) is 0. The molecule has 1 N–H and O–H groups in total. The largest absolute Gasteiger partial charge is 0.393 e. The maximum Gasteiger partial charge on any atom is 0.222 e. The molecule has 1 aliphatic rings. The Balaban J connectivity index is 1.98. The Kier molecular flexibility index (Phi) is 5.77. The molecule has 0 aromatic rings. The fourth-order valence-electron chi connectivity index (χ4n) is 1.38. The fourth-order valence-corrected chi connectivity index (χ4v) is 1.38. The van der Waals surface area contributed by atoms with Crippen LogP contribution in [0.5, 0.6) is 0 Å². The maximum absolute atomic E-state index is 11.5. The molecule has 4 nitrogen and oxygen atoms in total. The smallest absolute Gasteiger partial charge is 0.222 e. The van der Waals surface area contributed by atoms with Crippen LogP contribution >= 0.6 is 0 Å². The van der Waals surface area contributed by atoms with Crippen LogP contribution in [0.2, 0.25) is 0 Å². The zero-order chi connectivity index (χ0) is 12.0. The van der Waals surface area contributed by atoms with E-state index < -0.39 is 6.10 Å². The number of aliphatic hydroxyl groups excluding tert-OH is 1. The minimum absolute atomic E-state index is 0.0796. The summed E-state index contributed by atoms with van der Waals surface area (Å²) in [5, 5.41) is 9.07. The van der Waals surface area contributed by atoms with E-state index in [-0.39, 0.29) is 5.91 Å². The molecule has 1 unspecified atom stereocenters. The molecule has 0 heterocycles. The Morgan fingerprint density at radius 3 is 2.81 bits per heavy atom. The Bertz CT molecular complexity index is 214. The zero-order valence-corrected chi connectivity index (χ0v) is 10.3. The van der Waals surface area contributed by atoms with Crippen molar-refractivity contribution < 1.29 is 14.6 Å². The van der Waals surface area contributed by atoms with Crippen molar-refractivity contribution in [2.75, 3.05) is 26.8 Å². The van der Waals surface area contributed by atoms with Gasteiger partial charge in [0.05, 0.1) is 12.7 Å². The lowest BCUT2D eigenvalue weighted by Crippen LogP contribution is -2.30. The maximum atomic E-state index is 11.5. The monoisotopic (exact) mass is 229 g/mol. The van der Waals surface area contributed by atoms with Gasteiger partial charge in [-0.05, 0) is 32.1 Å². The van der Waals surface area contributed by atoms with Crippen LogP contribution in [0, 0.1) is 5.92 Å². The van der Waals surface area contributed by atoms with Gasteiger partial charge >= 0.3 is 0 Å². The van der Waals surface area contributed by atoms with Gasteiger partial charge in [-0.15, -0.1) is 0 Å². The molecule has 0 aromatic carbocycles. The first kappa shape index (κ1) is 13.5. The number of amides is 1. The second-order valence-corrected chi connectivity index (χ2v) is 4.72. The van der Waals surface area contributed by atoms with Crippen molar-refractivity contribution in [3.05, 3.63) is 0 Å². The van der Waals surface area contributed by atoms with E-state index in [1.165, 1.54) is 12.8 Å². The molecule has 0 spiro atoms. The number of likely N-dealkylation sites (N-methyl/N-ethyl adjacent to an activating group) is 1. The van der Waals surface area contributed by atoms with E-state index in [9.17, 15) is 4.79 Å². The summed E-state index contributed by atoms with van der Waals surface area (Å²) in [6.07, 6.45) is 3.14. The third kappa shape index (κ3) is 6.08. The Labute approximate surface area is 97.6 Å². The molecule has 4 heteroatoms. The highest BCUT2D eigenvalue weighted by atomic mass is 16.5. The van der Waals surface area contributed by atoms with Crippen LogP contribution in [-0.2, 0) is 9.53 Å². The van der Waals surface area contributed by atoms with Crippen molar-refractivity contribution in [2.45, 2.75) is 38.7 Å². The predicted octanol–water partition coefficient (Wildman–Crippen LogP) is 1.03. The minimum Gasteiger partial charge on any atom is -0.393 e. The molecule has 0 aliphatic heterocycles. The molecule has 94 valence electrons. The predicted molar refractivity (Wildman–Crippen MR) is 62.1 cm³/mol. The van der Waals surface area contributed by atoms with Gasteiger partial charge in [-0.3, -0.25) is 4.79 Å². The van der Waals surface area contributed by atoms with Crippen LogP contribution in [0.4, 0.5) is 0 Å². The van der Waals surface area contributed by atoms with Gasteiger partial charge in [-0.25, -0.2) is 0 Å². The highest BCUT2D eigenvalue weighted by molar-refractivity contribution is 5.75. The fraction of sp³-hybridized carbons (Fsp3) is 0.917. The summed E-state index contributed by atoms with van der Waals surface area (Å²) in [7, 11) is 1.78. The number of nitrogens with zero attached hydrogens (tertiary/aromatic N) is 1. The average Bonchev–Trinajstić information content (AvgIpc) is 3.04. The van der Waals surface area contributed by atoms with E-state index in [4.69, 9.17) is 9.84 Å². The summed E-state index contributed by atoms with van der Waals surface area (Å²) in [4.78, 5) is 13.2. The highest BCUT2D eigenvalue weighted by Gasteiger charge is 2.21. The number of carbonyl (C=O) groups excluding carboxylic acids is 1. The quantitative estimate of drug-likeness (QED) is 0.632. The second kappa shape index (κ2) is 6.86. The van der Waals surface area contributed by atoms with E-state index >= 15 is 0 Å². The van der Waals surface area contributed by atoms with E-state index in [2.05, 4.69) is 0 Å². The van der Waals surface area contributed by atoms with Gasteiger partial charge in [0.25, 0.3) is 0 Å². The third-order valence-corrected chi connectivity index (χ3v) is 2.82. The Morgan fingerprint density at radius 1 is 1.56 bits per heavy atom. The number of hydrogen-bond donors (Lipinski definition) is 1. The number of aliphatic hydroxyl groups is 1. The summed E-state index contributed by atoms with van der Waals surface area (Å²) >= 11 is 0. The first-order valence-electron chi connectivity index (χ1n) is 6.09. The summed E-state index contributed by atoms with van der Waals surface area (Å²) < 4.78 is 5.46. The second-order valence-electron chi connectivity index (χ2n) is 4.72. The normalized spacial score (nSPS) is 17.2. The molecular weight excluding hydrogens is 206 g/mol. The Hall–Kier alpha value is -0.610. The van der Waals surface area contributed by atoms with Gasteiger partial charge in [-0.2, -0.15) is 0 Å². The van der Waals surface area contributed by atoms with Gasteiger partial charge in [0.1, 0.15) is 0 Å². The van der Waals surface area contributed by atoms with Crippen molar-refractivity contribution in [3.8, 4) is 0 Å². The summed E-state index contributed by atoms with van der Waals surface area (Å²) in [6, 6.07) is 0. The van der Waals surface area contributed by atoms with Crippen LogP contribution < -0.4 is 0 Å². The van der Waals surface area contributed by atoms with Crippen molar-refractivity contribution >= 4 is 5.91 Å². The van der Waals surface area contributed by atoms with Crippen LogP contribution in [0.15, 0.2) is 0 Å². The number of rotatable bonds is 8. The number of carbonyl (C=O) groups is 1. The standard InChI is InChI=1S/C12H23NO3/c1-10(14)3-6-12(15)13(2)7-8-16-9-11-4-5-11/h10-11,14H,3-9H2,1-2H3. The first-order valence-corrected chi connectivity index (χ1v) is 6.09. The molecule has 0 radical (unpaired) electrons. The van der Waals surface area contributed by atoms with Crippen LogP contribution in [0.25, 0.3) is 0 Å². The molecular formula is C12H23NO3. The summed E-state index contributed by atoms with van der Waals surface area (Å²) in [5.74, 6) is 0.854. The molecule has 1 fully saturated rings. The Morgan fingerprint density at radius 2 is 2.25 bits per heavy atom. The van der Waals surface area contributed by atoms with E-state index in [0.717, 1.165) is 12.5 Å². The van der Waals surface area contributed by atoms with Gasteiger partial charge in [-0.1, -0.05) is 0 Å². The molecule has 1 amide bonds. The number of hydrogen-bond acceptors (Lipinski definition) is 3. The van der Waals surface area contributed by atoms with Crippen molar-refractivity contribution in [1.82, 2.24) is 4.90 Å². The van der Waals surface area contributed by atoms with Gasteiger partial charge in [0.2, 0.25) is 5.91 Å². The SMILES string of the molecule is CC(O)CCC(=O)N(C)CCOCC1CC1. The molecule has 0 saturated heterocycles. The molecule has 16 heavy (non-hydrogen) atoms. The van der Waals surface area contributed by atoms with Crippen molar-refractivity contribution in [3.63, 3.8) is 0 Å². The molecule has 1 aliphatic carbocycles.